The highest BCUT2D eigenvalue weighted by Crippen LogP contribution is 2.37. The third-order valence-electron chi connectivity index (χ3n) is 4.72. The molecule has 0 unspecified atom stereocenters. The Morgan fingerprint density at radius 3 is 2.32 bits per heavy atom. The molecule has 0 aromatic heterocycles. The SMILES string of the molecule is CC(=O)Nc1ccc([C@H]2CC(c3ccc(Cl)cc3)=NN2c2ccccc2)cc1. The van der Waals surface area contributed by atoms with Gasteiger partial charge in [0.15, 0.2) is 0 Å². The molecule has 5 heteroatoms. The molecular formula is C23H20ClN3O. The van der Waals surface area contributed by atoms with Crippen molar-refractivity contribution in [3.63, 3.8) is 0 Å². The maximum absolute atomic E-state index is 11.3. The molecule has 0 aliphatic carbocycles. The number of anilines is 2. The van der Waals surface area contributed by atoms with Gasteiger partial charge in [0.05, 0.1) is 17.4 Å². The zero-order valence-electron chi connectivity index (χ0n) is 15.5. The van der Waals surface area contributed by atoms with Gasteiger partial charge >= 0.3 is 0 Å². The predicted octanol–water partition coefficient (Wildman–Crippen LogP) is 5.65. The minimum absolute atomic E-state index is 0.0760. The van der Waals surface area contributed by atoms with E-state index in [2.05, 4.69) is 22.5 Å². The fourth-order valence-electron chi connectivity index (χ4n) is 3.40. The maximum atomic E-state index is 11.3. The fourth-order valence-corrected chi connectivity index (χ4v) is 3.52. The van der Waals surface area contributed by atoms with E-state index in [9.17, 15) is 4.79 Å². The highest BCUT2D eigenvalue weighted by molar-refractivity contribution is 6.30. The minimum atomic E-state index is -0.0760. The molecule has 1 heterocycles. The maximum Gasteiger partial charge on any atom is 0.221 e. The molecule has 28 heavy (non-hydrogen) atoms. The molecule has 0 fully saturated rings. The number of hydrazone groups is 1. The van der Waals surface area contributed by atoms with Crippen molar-refractivity contribution in [1.82, 2.24) is 0 Å². The molecule has 0 saturated carbocycles. The molecule has 1 aliphatic heterocycles. The number of nitrogens with zero attached hydrogens (tertiary/aromatic N) is 2. The van der Waals surface area contributed by atoms with Crippen LogP contribution in [0.25, 0.3) is 0 Å². The summed E-state index contributed by atoms with van der Waals surface area (Å²) >= 11 is 6.04. The van der Waals surface area contributed by atoms with E-state index in [0.29, 0.717) is 5.02 Å². The summed E-state index contributed by atoms with van der Waals surface area (Å²) in [5.74, 6) is -0.0760. The van der Waals surface area contributed by atoms with Crippen LogP contribution in [-0.2, 0) is 4.79 Å². The van der Waals surface area contributed by atoms with Crippen LogP contribution in [0.15, 0.2) is 84.0 Å². The molecule has 140 valence electrons. The number of carbonyl (C=O) groups is 1. The summed E-state index contributed by atoms with van der Waals surface area (Å²) < 4.78 is 0. The number of benzene rings is 3. The Balaban J connectivity index is 1.67. The highest BCUT2D eigenvalue weighted by Gasteiger charge is 2.29. The first-order valence-corrected chi connectivity index (χ1v) is 9.53. The molecule has 1 aliphatic rings. The summed E-state index contributed by atoms with van der Waals surface area (Å²) in [7, 11) is 0. The van der Waals surface area contributed by atoms with Crippen molar-refractivity contribution < 1.29 is 4.79 Å². The number of halogens is 1. The van der Waals surface area contributed by atoms with E-state index in [4.69, 9.17) is 16.7 Å². The summed E-state index contributed by atoms with van der Waals surface area (Å²) in [6.45, 7) is 1.51. The van der Waals surface area contributed by atoms with E-state index in [1.165, 1.54) is 6.92 Å². The Morgan fingerprint density at radius 2 is 1.68 bits per heavy atom. The smallest absolute Gasteiger partial charge is 0.221 e. The molecular weight excluding hydrogens is 370 g/mol. The Bertz CT molecular complexity index is 998. The quantitative estimate of drug-likeness (QED) is 0.626. The molecule has 4 rings (SSSR count). The van der Waals surface area contributed by atoms with E-state index in [1.54, 1.807) is 0 Å². The van der Waals surface area contributed by atoms with E-state index < -0.39 is 0 Å². The third-order valence-corrected chi connectivity index (χ3v) is 4.98. The van der Waals surface area contributed by atoms with Crippen molar-refractivity contribution in [2.45, 2.75) is 19.4 Å². The molecule has 0 bridgehead atoms. The van der Waals surface area contributed by atoms with Crippen LogP contribution in [0.3, 0.4) is 0 Å². The topological polar surface area (TPSA) is 44.7 Å². The van der Waals surface area contributed by atoms with Gasteiger partial charge in [0.1, 0.15) is 0 Å². The second-order valence-corrected chi connectivity index (χ2v) is 7.19. The number of carbonyl (C=O) groups excluding carboxylic acids is 1. The van der Waals surface area contributed by atoms with Crippen LogP contribution in [0.2, 0.25) is 5.02 Å². The number of hydrogen-bond donors (Lipinski definition) is 1. The van der Waals surface area contributed by atoms with E-state index >= 15 is 0 Å². The molecule has 0 saturated heterocycles. The molecule has 1 amide bonds. The first-order valence-electron chi connectivity index (χ1n) is 9.15. The van der Waals surface area contributed by atoms with Crippen LogP contribution < -0.4 is 10.3 Å². The minimum Gasteiger partial charge on any atom is -0.326 e. The number of rotatable bonds is 4. The lowest BCUT2D eigenvalue weighted by Crippen LogP contribution is -2.18. The number of nitrogens with one attached hydrogen (secondary N) is 1. The van der Waals surface area contributed by atoms with Crippen LogP contribution in [0.1, 0.15) is 30.5 Å². The molecule has 0 radical (unpaired) electrons. The molecule has 3 aromatic carbocycles. The number of amides is 1. The molecule has 4 nitrogen and oxygen atoms in total. The Morgan fingerprint density at radius 1 is 1.00 bits per heavy atom. The van der Waals surface area contributed by atoms with Crippen molar-refractivity contribution in [2.75, 3.05) is 10.3 Å². The van der Waals surface area contributed by atoms with Crippen molar-refractivity contribution in [3.05, 3.63) is 95.0 Å². The van der Waals surface area contributed by atoms with Gasteiger partial charge in [-0.05, 0) is 47.5 Å². The normalized spacial score (nSPS) is 16.0. The standard InChI is InChI=1S/C23H20ClN3O/c1-16(28)25-20-13-9-18(10-14-20)23-15-22(17-7-11-19(24)12-8-17)26-27(23)21-5-3-2-4-6-21/h2-14,23H,15H2,1H3,(H,25,28)/t23-/m1/s1. The molecule has 1 N–H and O–H groups in total. The van der Waals surface area contributed by atoms with Crippen LogP contribution in [0.5, 0.6) is 0 Å². The lowest BCUT2D eigenvalue weighted by molar-refractivity contribution is -0.114. The number of hydrogen-bond acceptors (Lipinski definition) is 3. The van der Waals surface area contributed by atoms with Gasteiger partial charge < -0.3 is 5.32 Å². The predicted molar refractivity (Wildman–Crippen MR) is 115 cm³/mol. The third kappa shape index (κ3) is 3.92. The Kier molecular flexibility index (Phi) is 5.13. The summed E-state index contributed by atoms with van der Waals surface area (Å²) in [4.78, 5) is 11.3. The zero-order chi connectivity index (χ0) is 19.5. The Labute approximate surface area is 169 Å². The monoisotopic (exact) mass is 389 g/mol. The molecule has 1 atom stereocenters. The van der Waals surface area contributed by atoms with Crippen LogP contribution in [0.4, 0.5) is 11.4 Å². The summed E-state index contributed by atoms with van der Waals surface area (Å²) in [6.07, 6.45) is 0.788. The van der Waals surface area contributed by atoms with Gasteiger partial charge in [-0.25, -0.2) is 0 Å². The van der Waals surface area contributed by atoms with E-state index in [-0.39, 0.29) is 11.9 Å². The van der Waals surface area contributed by atoms with E-state index in [0.717, 1.165) is 34.6 Å². The van der Waals surface area contributed by atoms with Crippen molar-refractivity contribution in [1.29, 1.82) is 0 Å². The average molecular weight is 390 g/mol. The van der Waals surface area contributed by atoms with Gasteiger partial charge in [-0.3, -0.25) is 9.80 Å². The first kappa shape index (κ1) is 18.3. The van der Waals surface area contributed by atoms with Crippen LogP contribution in [0, 0.1) is 0 Å². The van der Waals surface area contributed by atoms with E-state index in [1.807, 2.05) is 66.7 Å². The molecule has 0 spiro atoms. The van der Waals surface area contributed by atoms with Crippen molar-refractivity contribution >= 4 is 34.6 Å². The van der Waals surface area contributed by atoms with Gasteiger partial charge in [0.2, 0.25) is 5.91 Å². The van der Waals surface area contributed by atoms with Gasteiger partial charge in [0, 0.05) is 24.1 Å². The van der Waals surface area contributed by atoms with Crippen LogP contribution in [-0.4, -0.2) is 11.6 Å². The fraction of sp³-hybridized carbons (Fsp3) is 0.130. The number of para-hydroxylation sites is 1. The van der Waals surface area contributed by atoms with Gasteiger partial charge in [-0.15, -0.1) is 0 Å². The lowest BCUT2D eigenvalue weighted by Gasteiger charge is -2.24. The first-order chi connectivity index (χ1) is 13.6. The second-order valence-electron chi connectivity index (χ2n) is 6.76. The van der Waals surface area contributed by atoms with Gasteiger partial charge in [-0.2, -0.15) is 5.10 Å². The van der Waals surface area contributed by atoms with Gasteiger partial charge in [-0.1, -0.05) is 54.1 Å². The highest BCUT2D eigenvalue weighted by atomic mass is 35.5. The zero-order valence-corrected chi connectivity index (χ0v) is 16.2. The largest absolute Gasteiger partial charge is 0.326 e. The summed E-state index contributed by atoms with van der Waals surface area (Å²) in [5, 5.41) is 10.5. The second kappa shape index (κ2) is 7.87. The van der Waals surface area contributed by atoms with Gasteiger partial charge in [0.25, 0.3) is 0 Å². The van der Waals surface area contributed by atoms with Crippen molar-refractivity contribution in [2.24, 2.45) is 5.10 Å². The van der Waals surface area contributed by atoms with Crippen molar-refractivity contribution in [3.8, 4) is 0 Å². The average Bonchev–Trinajstić information content (AvgIpc) is 3.15. The summed E-state index contributed by atoms with van der Waals surface area (Å²) in [5.41, 5.74) is 5.08. The summed E-state index contributed by atoms with van der Waals surface area (Å²) in [6, 6.07) is 26.0. The molecule has 3 aromatic rings. The van der Waals surface area contributed by atoms with Crippen LogP contribution >= 0.6 is 11.6 Å². The lowest BCUT2D eigenvalue weighted by atomic mass is 9.98. The Hall–Kier alpha value is -3.11.